The van der Waals surface area contributed by atoms with E-state index in [0.29, 0.717) is 0 Å². The summed E-state index contributed by atoms with van der Waals surface area (Å²) in [4.78, 5) is 11.4. The van der Waals surface area contributed by atoms with Crippen LogP contribution in [0.3, 0.4) is 0 Å². The highest BCUT2D eigenvalue weighted by Gasteiger charge is 2.48. The van der Waals surface area contributed by atoms with Crippen LogP contribution in [-0.2, 0) is 4.79 Å². The summed E-state index contributed by atoms with van der Waals surface area (Å²) in [7, 11) is 0. The molecule has 0 unspecified atom stereocenters. The fourth-order valence-corrected chi connectivity index (χ4v) is 1.97. The van der Waals surface area contributed by atoms with Crippen LogP contribution in [0.4, 0.5) is 17.6 Å². The molecule has 1 aliphatic heterocycles. The molecule has 0 aromatic carbocycles. The van der Waals surface area contributed by atoms with Gasteiger partial charge >= 0.3 is 0 Å². The predicted molar refractivity (Wildman–Crippen MR) is 47.5 cm³/mol. The second kappa shape index (κ2) is 3.58. The molecule has 0 radical (unpaired) electrons. The second-order valence-electron chi connectivity index (χ2n) is 4.46. The molecule has 1 aliphatic carbocycles. The number of alkyl halides is 4. The van der Waals surface area contributed by atoms with Gasteiger partial charge < -0.3 is 5.32 Å². The van der Waals surface area contributed by atoms with Gasteiger partial charge in [-0.15, -0.1) is 0 Å². The van der Waals surface area contributed by atoms with Crippen molar-refractivity contribution in [1.29, 1.82) is 0 Å². The van der Waals surface area contributed by atoms with E-state index in [4.69, 9.17) is 0 Å². The van der Waals surface area contributed by atoms with Crippen LogP contribution in [0, 0.1) is 0 Å². The van der Waals surface area contributed by atoms with Crippen LogP contribution in [0.15, 0.2) is 0 Å². The minimum atomic E-state index is -2.88. The third kappa shape index (κ3) is 2.45. The van der Waals surface area contributed by atoms with E-state index >= 15 is 0 Å². The number of hydrogen-bond donors (Lipinski definition) is 2. The second-order valence-corrected chi connectivity index (χ2v) is 4.46. The highest BCUT2D eigenvalue weighted by molar-refractivity contribution is 5.82. The monoisotopic (exact) mass is 240 g/mol. The summed E-state index contributed by atoms with van der Waals surface area (Å²) >= 11 is 0. The van der Waals surface area contributed by atoms with E-state index in [2.05, 4.69) is 10.6 Å². The Balaban J connectivity index is 1.78. The molecule has 1 saturated heterocycles. The lowest BCUT2D eigenvalue weighted by atomic mass is 9.88. The molecule has 0 bridgehead atoms. The van der Waals surface area contributed by atoms with Crippen molar-refractivity contribution in [2.45, 2.75) is 43.2 Å². The number of amides is 1. The summed E-state index contributed by atoms with van der Waals surface area (Å²) < 4.78 is 50.4. The highest BCUT2D eigenvalue weighted by Crippen LogP contribution is 2.37. The van der Waals surface area contributed by atoms with E-state index in [1.54, 1.807) is 0 Å². The Morgan fingerprint density at radius 3 is 2.19 bits per heavy atom. The maximum absolute atomic E-state index is 12.7. The quantitative estimate of drug-likeness (QED) is 0.704. The maximum atomic E-state index is 12.7. The SMILES string of the molecule is O=C(NC1CC(F)(F)C1)[C@@H]1CC(F)(F)CN1. The average Bonchev–Trinajstić information content (AvgIpc) is 2.42. The van der Waals surface area contributed by atoms with Crippen LogP contribution in [0.5, 0.6) is 0 Å². The molecule has 1 amide bonds. The fourth-order valence-electron chi connectivity index (χ4n) is 1.97. The summed E-state index contributed by atoms with van der Waals surface area (Å²) in [6.07, 6.45) is -1.37. The van der Waals surface area contributed by atoms with E-state index < -0.39 is 55.6 Å². The number of hydrogen-bond acceptors (Lipinski definition) is 2. The third-order valence-electron chi connectivity index (χ3n) is 2.86. The molecule has 2 fully saturated rings. The maximum Gasteiger partial charge on any atom is 0.262 e. The molecule has 2 rings (SSSR count). The van der Waals surface area contributed by atoms with Crippen LogP contribution in [0.25, 0.3) is 0 Å². The van der Waals surface area contributed by atoms with Crippen LogP contribution in [0.2, 0.25) is 0 Å². The van der Waals surface area contributed by atoms with Crippen molar-refractivity contribution >= 4 is 5.91 Å². The van der Waals surface area contributed by atoms with Crippen molar-refractivity contribution in [3.8, 4) is 0 Å². The van der Waals surface area contributed by atoms with Crippen LogP contribution in [-0.4, -0.2) is 36.4 Å². The Morgan fingerprint density at radius 1 is 1.12 bits per heavy atom. The lowest BCUT2D eigenvalue weighted by Gasteiger charge is -2.35. The molecule has 92 valence electrons. The minimum Gasteiger partial charge on any atom is -0.352 e. The fraction of sp³-hybridized carbons (Fsp3) is 0.889. The molecule has 2 N–H and O–H groups in total. The first-order chi connectivity index (χ1) is 7.27. The molecule has 3 nitrogen and oxygen atoms in total. The molecular formula is C9H12F4N2O. The smallest absolute Gasteiger partial charge is 0.262 e. The topological polar surface area (TPSA) is 41.1 Å². The first-order valence-electron chi connectivity index (χ1n) is 5.07. The highest BCUT2D eigenvalue weighted by atomic mass is 19.3. The zero-order chi connectivity index (χ0) is 12.0. The van der Waals surface area contributed by atoms with Gasteiger partial charge in [0.15, 0.2) is 0 Å². The standard InChI is InChI=1S/C9H12F4N2O/c10-8(11)1-5(2-8)15-7(16)6-3-9(12,13)4-14-6/h5-6,14H,1-4H2,(H,15,16)/t6-/m0/s1. The minimum absolute atomic E-state index is 0.401. The summed E-state index contributed by atoms with van der Waals surface area (Å²) in [6.45, 7) is -0.536. The number of nitrogens with one attached hydrogen (secondary N) is 2. The summed E-state index contributed by atoms with van der Waals surface area (Å²) in [6, 6.07) is -1.55. The summed E-state index contributed by atoms with van der Waals surface area (Å²) in [5.41, 5.74) is 0. The molecule has 16 heavy (non-hydrogen) atoms. The molecule has 1 atom stereocenters. The van der Waals surface area contributed by atoms with E-state index in [1.807, 2.05) is 0 Å². The molecule has 7 heteroatoms. The van der Waals surface area contributed by atoms with E-state index in [-0.39, 0.29) is 0 Å². The van der Waals surface area contributed by atoms with Gasteiger partial charge in [-0.2, -0.15) is 0 Å². The molecule has 1 saturated carbocycles. The molecule has 1 heterocycles. The zero-order valence-corrected chi connectivity index (χ0v) is 8.40. The lowest BCUT2D eigenvalue weighted by Crippen LogP contribution is -2.54. The van der Waals surface area contributed by atoms with E-state index in [1.165, 1.54) is 0 Å². The summed E-state index contributed by atoms with van der Waals surface area (Å²) in [5, 5.41) is 4.71. The lowest BCUT2D eigenvalue weighted by molar-refractivity contribution is -0.131. The number of carbonyl (C=O) groups excluding carboxylic acids is 1. The van der Waals surface area contributed by atoms with Gasteiger partial charge in [-0.25, -0.2) is 17.6 Å². The van der Waals surface area contributed by atoms with E-state index in [9.17, 15) is 22.4 Å². The molecule has 2 aliphatic rings. The average molecular weight is 240 g/mol. The van der Waals surface area contributed by atoms with Crippen LogP contribution >= 0.6 is 0 Å². The molecule has 0 aromatic rings. The van der Waals surface area contributed by atoms with Gasteiger partial charge in [0.2, 0.25) is 5.91 Å². The van der Waals surface area contributed by atoms with Crippen LogP contribution < -0.4 is 10.6 Å². The van der Waals surface area contributed by atoms with Crippen molar-refractivity contribution < 1.29 is 22.4 Å². The van der Waals surface area contributed by atoms with Gasteiger partial charge in [0.05, 0.1) is 12.6 Å². The number of halogens is 4. The van der Waals surface area contributed by atoms with Gasteiger partial charge in [-0.05, 0) is 0 Å². The first-order valence-corrected chi connectivity index (χ1v) is 5.07. The Hall–Kier alpha value is -0.850. The molecular weight excluding hydrogens is 228 g/mol. The Kier molecular flexibility index (Phi) is 2.60. The van der Waals surface area contributed by atoms with Gasteiger partial charge in [0, 0.05) is 25.3 Å². The largest absolute Gasteiger partial charge is 0.352 e. The van der Waals surface area contributed by atoms with Crippen molar-refractivity contribution in [3.63, 3.8) is 0 Å². The van der Waals surface area contributed by atoms with Crippen molar-refractivity contribution in [2.75, 3.05) is 6.54 Å². The first kappa shape index (κ1) is 11.6. The van der Waals surface area contributed by atoms with Gasteiger partial charge in [0.25, 0.3) is 11.8 Å². The Labute approximate surface area is 89.6 Å². The van der Waals surface area contributed by atoms with Crippen molar-refractivity contribution in [2.24, 2.45) is 0 Å². The molecule has 0 spiro atoms. The third-order valence-corrected chi connectivity index (χ3v) is 2.86. The summed E-state index contributed by atoms with van der Waals surface area (Å²) in [5.74, 6) is -6.21. The van der Waals surface area contributed by atoms with Gasteiger partial charge in [-0.1, -0.05) is 0 Å². The zero-order valence-electron chi connectivity index (χ0n) is 8.40. The molecule has 0 aromatic heterocycles. The van der Waals surface area contributed by atoms with E-state index in [0.717, 1.165) is 0 Å². The normalized spacial score (nSPS) is 32.1. The van der Waals surface area contributed by atoms with Crippen molar-refractivity contribution in [1.82, 2.24) is 10.6 Å². The van der Waals surface area contributed by atoms with Gasteiger partial charge in [0.1, 0.15) is 0 Å². The Bertz CT molecular complexity index is 300. The Morgan fingerprint density at radius 2 is 1.75 bits per heavy atom. The predicted octanol–water partition coefficient (Wildman–Crippen LogP) is 0.897. The number of carbonyl (C=O) groups is 1. The van der Waals surface area contributed by atoms with Crippen molar-refractivity contribution in [3.05, 3.63) is 0 Å². The number of rotatable bonds is 2. The van der Waals surface area contributed by atoms with Gasteiger partial charge in [-0.3, -0.25) is 10.1 Å². The van der Waals surface area contributed by atoms with Crippen LogP contribution in [0.1, 0.15) is 19.3 Å².